The third-order valence-corrected chi connectivity index (χ3v) is 3.09. The summed E-state index contributed by atoms with van der Waals surface area (Å²) >= 11 is 3.30. The first kappa shape index (κ1) is 13.5. The van der Waals surface area contributed by atoms with Crippen molar-refractivity contribution in [3.05, 3.63) is 39.6 Å². The fourth-order valence-electron chi connectivity index (χ4n) is 1.59. The normalized spacial score (nSPS) is 10.5. The number of esters is 1. The van der Waals surface area contributed by atoms with Crippen LogP contribution in [0, 0.1) is 6.92 Å². The highest BCUT2D eigenvalue weighted by Crippen LogP contribution is 2.23. The molecule has 2 aromatic rings. The lowest BCUT2D eigenvalue weighted by Crippen LogP contribution is -2.09. The number of rotatable bonds is 3. The Morgan fingerprint density at radius 2 is 2.26 bits per heavy atom. The Morgan fingerprint density at radius 1 is 1.53 bits per heavy atom. The van der Waals surface area contributed by atoms with Gasteiger partial charge in [0.2, 0.25) is 0 Å². The Kier molecular flexibility index (Phi) is 3.84. The maximum atomic E-state index is 12.0. The van der Waals surface area contributed by atoms with Gasteiger partial charge in [-0.15, -0.1) is 5.10 Å². The number of halogens is 1. The minimum atomic E-state index is -0.434. The maximum Gasteiger partial charge on any atom is 0.338 e. The quantitative estimate of drug-likeness (QED) is 0.687. The van der Waals surface area contributed by atoms with Crippen molar-refractivity contribution in [2.24, 2.45) is 7.05 Å². The summed E-state index contributed by atoms with van der Waals surface area (Å²) < 4.78 is 7.47. The van der Waals surface area contributed by atoms with E-state index in [1.54, 1.807) is 37.0 Å². The minimum absolute atomic E-state index is 0.0819. The van der Waals surface area contributed by atoms with Gasteiger partial charge in [0.05, 0.1) is 11.8 Å². The number of hydrogen-bond donors (Lipinski definition) is 1. The molecule has 0 saturated heterocycles. The number of aryl methyl sites for hydroxylation is 1. The zero-order valence-corrected chi connectivity index (χ0v) is 12.1. The molecule has 0 aliphatic carbocycles. The Morgan fingerprint density at radius 3 is 2.89 bits per heavy atom. The molecule has 0 aliphatic rings. The molecule has 0 aliphatic heterocycles. The third-order valence-electron chi connectivity index (χ3n) is 2.63. The molecule has 1 heterocycles. The summed E-state index contributed by atoms with van der Waals surface area (Å²) in [5.74, 6) is -0.434. The van der Waals surface area contributed by atoms with E-state index in [1.165, 1.54) is 0 Å². The second-order valence-corrected chi connectivity index (χ2v) is 5.04. The predicted molar refractivity (Wildman–Crippen MR) is 73.4 cm³/mol. The summed E-state index contributed by atoms with van der Waals surface area (Å²) in [6.45, 7) is 1.86. The molecule has 0 atom stereocenters. The molecule has 1 aromatic heterocycles. The Balaban J connectivity index is 2.12. The van der Waals surface area contributed by atoms with Crippen LogP contribution in [0.2, 0.25) is 0 Å². The van der Waals surface area contributed by atoms with E-state index < -0.39 is 5.97 Å². The van der Waals surface area contributed by atoms with Gasteiger partial charge in [-0.05, 0) is 24.6 Å². The van der Waals surface area contributed by atoms with Crippen LogP contribution in [-0.2, 0) is 18.4 Å². The van der Waals surface area contributed by atoms with Crippen LogP contribution < -0.4 is 5.73 Å². The molecule has 0 spiro atoms. The smallest absolute Gasteiger partial charge is 0.338 e. The monoisotopic (exact) mass is 324 g/mol. The topological polar surface area (TPSA) is 83.0 Å². The lowest BCUT2D eigenvalue weighted by Gasteiger charge is -2.08. The summed E-state index contributed by atoms with van der Waals surface area (Å²) in [5, 5.41) is 7.60. The van der Waals surface area contributed by atoms with Crippen LogP contribution in [0.15, 0.2) is 22.8 Å². The molecule has 100 valence electrons. The maximum absolute atomic E-state index is 12.0. The number of nitrogens with two attached hydrogens (primary N) is 1. The van der Waals surface area contributed by atoms with Gasteiger partial charge in [0.15, 0.2) is 0 Å². The van der Waals surface area contributed by atoms with Crippen LogP contribution in [0.5, 0.6) is 0 Å². The van der Waals surface area contributed by atoms with Crippen LogP contribution in [0.25, 0.3) is 0 Å². The van der Waals surface area contributed by atoms with Crippen LogP contribution >= 0.6 is 15.9 Å². The molecule has 19 heavy (non-hydrogen) atoms. The Labute approximate surface area is 118 Å². The fourth-order valence-corrected chi connectivity index (χ4v) is 2.07. The van der Waals surface area contributed by atoms with E-state index in [-0.39, 0.29) is 6.61 Å². The number of carbonyl (C=O) groups excluding carboxylic acids is 1. The van der Waals surface area contributed by atoms with Crippen molar-refractivity contribution >= 4 is 27.6 Å². The molecule has 0 radical (unpaired) electrons. The van der Waals surface area contributed by atoms with Gasteiger partial charge in [0.1, 0.15) is 12.3 Å². The Bertz CT molecular complexity index is 624. The van der Waals surface area contributed by atoms with Crippen molar-refractivity contribution < 1.29 is 9.53 Å². The van der Waals surface area contributed by atoms with Gasteiger partial charge in [0.25, 0.3) is 0 Å². The molecule has 0 fully saturated rings. The van der Waals surface area contributed by atoms with E-state index in [0.29, 0.717) is 22.5 Å². The Hall–Kier alpha value is -1.89. The first-order valence-electron chi connectivity index (χ1n) is 5.55. The molecular weight excluding hydrogens is 312 g/mol. The van der Waals surface area contributed by atoms with Crippen molar-refractivity contribution in [3.63, 3.8) is 0 Å². The van der Waals surface area contributed by atoms with Crippen molar-refractivity contribution in [2.45, 2.75) is 13.5 Å². The van der Waals surface area contributed by atoms with Crippen LogP contribution in [-0.4, -0.2) is 21.0 Å². The largest absolute Gasteiger partial charge is 0.455 e. The van der Waals surface area contributed by atoms with Crippen molar-refractivity contribution in [2.75, 3.05) is 5.73 Å². The van der Waals surface area contributed by atoms with Crippen LogP contribution in [0.1, 0.15) is 21.6 Å². The average Bonchev–Trinajstić information content (AvgIpc) is 2.76. The lowest BCUT2D eigenvalue weighted by molar-refractivity contribution is 0.0467. The van der Waals surface area contributed by atoms with E-state index in [4.69, 9.17) is 10.5 Å². The number of benzene rings is 1. The van der Waals surface area contributed by atoms with Crippen molar-refractivity contribution in [1.82, 2.24) is 15.0 Å². The molecule has 2 N–H and O–H groups in total. The molecular formula is C12H13BrN4O2. The van der Waals surface area contributed by atoms with Gasteiger partial charge in [-0.25, -0.2) is 4.79 Å². The van der Waals surface area contributed by atoms with Crippen molar-refractivity contribution in [1.29, 1.82) is 0 Å². The molecule has 2 rings (SSSR count). The molecule has 7 heteroatoms. The summed E-state index contributed by atoms with van der Waals surface area (Å²) in [6, 6.07) is 3.43. The number of hydrogen-bond acceptors (Lipinski definition) is 5. The lowest BCUT2D eigenvalue weighted by atomic mass is 10.1. The number of nitrogens with zero attached hydrogens (tertiary/aromatic N) is 3. The molecule has 1 aromatic carbocycles. The van der Waals surface area contributed by atoms with E-state index in [1.807, 2.05) is 0 Å². The summed E-state index contributed by atoms with van der Waals surface area (Å²) in [5.41, 5.74) is 8.08. The molecule has 6 nitrogen and oxygen atoms in total. The highest BCUT2D eigenvalue weighted by Gasteiger charge is 2.14. The van der Waals surface area contributed by atoms with E-state index in [2.05, 4.69) is 26.2 Å². The first-order valence-corrected chi connectivity index (χ1v) is 6.34. The zero-order valence-electron chi connectivity index (χ0n) is 10.6. The number of nitrogen functional groups attached to an aromatic ring is 1. The van der Waals surface area contributed by atoms with Gasteiger partial charge in [-0.3, -0.25) is 4.68 Å². The first-order chi connectivity index (χ1) is 8.97. The standard InChI is InChI=1S/C12H13BrN4O2/c1-7-10(3-8(13)4-11(7)14)12(18)19-6-9-5-17(2)16-15-9/h3-5H,6,14H2,1-2H3. The summed E-state index contributed by atoms with van der Waals surface area (Å²) in [6.07, 6.45) is 1.69. The van der Waals surface area contributed by atoms with Gasteiger partial charge in [-0.2, -0.15) is 0 Å². The molecule has 0 unspecified atom stereocenters. The fraction of sp³-hybridized carbons (Fsp3) is 0.250. The van der Waals surface area contributed by atoms with Gasteiger partial charge in [-0.1, -0.05) is 21.1 Å². The van der Waals surface area contributed by atoms with Gasteiger partial charge < -0.3 is 10.5 Å². The van der Waals surface area contributed by atoms with E-state index in [0.717, 1.165) is 4.47 Å². The predicted octanol–water partition coefficient (Wildman–Crippen LogP) is 1.83. The second-order valence-electron chi connectivity index (χ2n) is 4.13. The number of carbonyl (C=O) groups is 1. The summed E-state index contributed by atoms with van der Waals surface area (Å²) in [4.78, 5) is 12.0. The van der Waals surface area contributed by atoms with E-state index >= 15 is 0 Å². The molecule has 0 saturated carbocycles. The van der Waals surface area contributed by atoms with Gasteiger partial charge >= 0.3 is 5.97 Å². The number of anilines is 1. The van der Waals surface area contributed by atoms with Crippen LogP contribution in [0.3, 0.4) is 0 Å². The van der Waals surface area contributed by atoms with Crippen LogP contribution in [0.4, 0.5) is 5.69 Å². The second kappa shape index (κ2) is 5.40. The summed E-state index contributed by atoms with van der Waals surface area (Å²) in [7, 11) is 1.75. The minimum Gasteiger partial charge on any atom is -0.455 e. The number of ether oxygens (including phenoxy) is 1. The van der Waals surface area contributed by atoms with Crippen molar-refractivity contribution in [3.8, 4) is 0 Å². The molecule has 0 bridgehead atoms. The van der Waals surface area contributed by atoms with Gasteiger partial charge in [0, 0.05) is 17.2 Å². The SMILES string of the molecule is Cc1c(N)cc(Br)cc1C(=O)OCc1cn(C)nn1. The zero-order chi connectivity index (χ0) is 14.0. The highest BCUT2D eigenvalue weighted by molar-refractivity contribution is 9.10. The third kappa shape index (κ3) is 3.11. The average molecular weight is 325 g/mol. The highest BCUT2D eigenvalue weighted by atomic mass is 79.9. The molecule has 0 amide bonds. The van der Waals surface area contributed by atoms with E-state index in [9.17, 15) is 4.79 Å². The number of aromatic nitrogens is 3.